The summed E-state index contributed by atoms with van der Waals surface area (Å²) < 4.78 is 0. The van der Waals surface area contributed by atoms with E-state index in [1.54, 1.807) is 25.2 Å². The van der Waals surface area contributed by atoms with Gasteiger partial charge in [0, 0.05) is 24.3 Å². The molecule has 1 saturated heterocycles. The number of ketones is 1. The van der Waals surface area contributed by atoms with Gasteiger partial charge in [0.2, 0.25) is 5.91 Å². The molecule has 5 amide bonds. The molecule has 4 rings (SSSR count). The van der Waals surface area contributed by atoms with E-state index in [0.29, 0.717) is 12.0 Å². The van der Waals surface area contributed by atoms with E-state index in [1.807, 2.05) is 6.92 Å². The minimum Gasteiger partial charge on any atom is -0.315 e. The monoisotopic (exact) mass is 397 g/mol. The smallest absolute Gasteiger partial charge is 0.315 e. The van der Waals surface area contributed by atoms with E-state index in [9.17, 15) is 24.0 Å². The molecule has 0 spiro atoms. The number of likely N-dealkylation sites (N-methyl/N-ethyl adjacent to an activating group) is 1. The highest BCUT2D eigenvalue weighted by Crippen LogP contribution is 2.32. The fourth-order valence-corrected chi connectivity index (χ4v) is 4.51. The average Bonchev–Trinajstić information content (AvgIpc) is 3.10. The third kappa shape index (κ3) is 3.12. The predicted molar refractivity (Wildman–Crippen MR) is 103 cm³/mol. The second kappa shape index (κ2) is 7.09. The second-order valence-corrected chi connectivity index (χ2v) is 8.07. The molecule has 1 aromatic carbocycles. The third-order valence-electron chi connectivity index (χ3n) is 6.26. The lowest BCUT2D eigenvalue weighted by Crippen LogP contribution is -2.46. The standard InChI is InChI=1S/C21H23N3O5/c1-12-5-3-4-6-15(12)24-20(28)19(27)23(21(24)29)11-17(25)13-7-8-16-14(9-13)10-18(26)22(16)2/h7-9,12,15H,3-6,10-11H2,1-2H3/t12-,15-/m0/s1. The molecule has 0 unspecified atom stereocenters. The Balaban J connectivity index is 1.52. The topological polar surface area (TPSA) is 95.1 Å². The summed E-state index contributed by atoms with van der Waals surface area (Å²) in [6.07, 6.45) is 3.74. The second-order valence-electron chi connectivity index (χ2n) is 8.07. The molecule has 29 heavy (non-hydrogen) atoms. The van der Waals surface area contributed by atoms with Gasteiger partial charge in [0.1, 0.15) is 0 Å². The van der Waals surface area contributed by atoms with E-state index < -0.39 is 30.2 Å². The quantitative estimate of drug-likeness (QED) is 0.438. The van der Waals surface area contributed by atoms with Crippen molar-refractivity contribution in [1.82, 2.24) is 9.80 Å². The van der Waals surface area contributed by atoms with E-state index in [-0.39, 0.29) is 24.3 Å². The van der Waals surface area contributed by atoms with Crippen LogP contribution >= 0.6 is 0 Å². The Hall–Kier alpha value is -3.03. The van der Waals surface area contributed by atoms with Crippen LogP contribution in [0.4, 0.5) is 10.5 Å². The molecule has 2 heterocycles. The van der Waals surface area contributed by atoms with Crippen molar-refractivity contribution in [2.45, 2.75) is 45.1 Å². The molecular formula is C21H23N3O5. The van der Waals surface area contributed by atoms with Crippen LogP contribution in [0.3, 0.4) is 0 Å². The Bertz CT molecular complexity index is 940. The maximum absolute atomic E-state index is 12.8. The molecule has 0 radical (unpaired) electrons. The van der Waals surface area contributed by atoms with E-state index in [4.69, 9.17) is 0 Å². The van der Waals surface area contributed by atoms with Crippen LogP contribution in [-0.2, 0) is 20.8 Å². The van der Waals surface area contributed by atoms with Crippen LogP contribution in [0.15, 0.2) is 18.2 Å². The molecule has 3 aliphatic rings. The fraction of sp³-hybridized carbons (Fsp3) is 0.476. The maximum atomic E-state index is 12.8. The first kappa shape index (κ1) is 19.3. The van der Waals surface area contributed by atoms with Crippen molar-refractivity contribution in [2.24, 2.45) is 5.92 Å². The SMILES string of the molecule is C[C@H]1CCCC[C@@H]1N1C(=O)C(=O)N(CC(=O)c2ccc3c(c2)CC(=O)N3C)C1=O. The number of amides is 5. The van der Waals surface area contributed by atoms with E-state index in [0.717, 1.165) is 40.3 Å². The lowest BCUT2D eigenvalue weighted by atomic mass is 9.85. The number of hydrogen-bond acceptors (Lipinski definition) is 5. The Morgan fingerprint density at radius 2 is 1.79 bits per heavy atom. The van der Waals surface area contributed by atoms with Crippen molar-refractivity contribution in [3.8, 4) is 0 Å². The van der Waals surface area contributed by atoms with Gasteiger partial charge in [-0.3, -0.25) is 24.1 Å². The van der Waals surface area contributed by atoms with Crippen molar-refractivity contribution in [3.05, 3.63) is 29.3 Å². The van der Waals surface area contributed by atoms with Crippen LogP contribution in [0, 0.1) is 5.92 Å². The predicted octanol–water partition coefficient (Wildman–Crippen LogP) is 1.76. The van der Waals surface area contributed by atoms with Crippen LogP contribution in [0.5, 0.6) is 0 Å². The van der Waals surface area contributed by atoms with Gasteiger partial charge in [-0.2, -0.15) is 0 Å². The Morgan fingerprint density at radius 3 is 2.52 bits per heavy atom. The summed E-state index contributed by atoms with van der Waals surface area (Å²) in [5, 5.41) is 0. The zero-order valence-corrected chi connectivity index (χ0v) is 16.5. The molecule has 8 nitrogen and oxygen atoms in total. The largest absolute Gasteiger partial charge is 0.334 e. The number of urea groups is 1. The molecular weight excluding hydrogens is 374 g/mol. The van der Waals surface area contributed by atoms with Crippen molar-refractivity contribution in [2.75, 3.05) is 18.5 Å². The van der Waals surface area contributed by atoms with E-state index in [1.165, 1.54) is 4.90 Å². The summed E-state index contributed by atoms with van der Waals surface area (Å²) in [4.78, 5) is 65.6. The number of anilines is 1. The summed E-state index contributed by atoms with van der Waals surface area (Å²) in [5.74, 6) is -2.16. The number of carbonyl (C=O) groups excluding carboxylic acids is 5. The van der Waals surface area contributed by atoms with Crippen LogP contribution < -0.4 is 4.90 Å². The molecule has 8 heteroatoms. The highest BCUT2D eigenvalue weighted by Gasteiger charge is 2.49. The van der Waals surface area contributed by atoms with Crippen molar-refractivity contribution in [1.29, 1.82) is 0 Å². The Morgan fingerprint density at radius 1 is 1.07 bits per heavy atom. The molecule has 152 valence electrons. The lowest BCUT2D eigenvalue weighted by molar-refractivity contribution is -0.144. The summed E-state index contributed by atoms with van der Waals surface area (Å²) in [7, 11) is 1.67. The average molecular weight is 397 g/mol. The highest BCUT2D eigenvalue weighted by atomic mass is 16.2. The first-order valence-electron chi connectivity index (χ1n) is 9.91. The van der Waals surface area contributed by atoms with Gasteiger partial charge in [-0.1, -0.05) is 19.8 Å². The molecule has 0 N–H and O–H groups in total. The summed E-state index contributed by atoms with van der Waals surface area (Å²) in [6, 6.07) is 3.87. The van der Waals surface area contributed by atoms with Crippen molar-refractivity contribution >= 4 is 35.2 Å². The molecule has 0 aromatic heterocycles. The molecule has 2 atom stereocenters. The molecule has 2 aliphatic heterocycles. The highest BCUT2D eigenvalue weighted by molar-refractivity contribution is 6.45. The first-order valence-corrected chi connectivity index (χ1v) is 9.91. The molecule has 0 bridgehead atoms. The van der Waals surface area contributed by atoms with E-state index in [2.05, 4.69) is 0 Å². The zero-order valence-electron chi connectivity index (χ0n) is 16.5. The summed E-state index contributed by atoms with van der Waals surface area (Å²) in [5.41, 5.74) is 1.79. The minimum absolute atomic E-state index is 0.0580. The van der Waals surface area contributed by atoms with Crippen molar-refractivity contribution < 1.29 is 24.0 Å². The van der Waals surface area contributed by atoms with Gasteiger partial charge >= 0.3 is 17.8 Å². The number of fused-ring (bicyclic) bond motifs is 1. The van der Waals surface area contributed by atoms with Gasteiger partial charge < -0.3 is 4.90 Å². The maximum Gasteiger partial charge on any atom is 0.334 e. The van der Waals surface area contributed by atoms with Crippen LogP contribution in [0.2, 0.25) is 0 Å². The third-order valence-corrected chi connectivity index (χ3v) is 6.26. The van der Waals surface area contributed by atoms with Crippen LogP contribution in [0.25, 0.3) is 0 Å². The van der Waals surface area contributed by atoms with Gasteiger partial charge in [-0.25, -0.2) is 9.69 Å². The van der Waals surface area contributed by atoms with Gasteiger partial charge in [0.25, 0.3) is 0 Å². The van der Waals surface area contributed by atoms with Gasteiger partial charge in [0.15, 0.2) is 5.78 Å². The zero-order chi connectivity index (χ0) is 20.9. The van der Waals surface area contributed by atoms with Gasteiger partial charge in [0.05, 0.1) is 13.0 Å². The number of carbonyl (C=O) groups is 5. The lowest BCUT2D eigenvalue weighted by Gasteiger charge is -2.34. The fourth-order valence-electron chi connectivity index (χ4n) is 4.51. The number of nitrogens with zero attached hydrogens (tertiary/aromatic N) is 3. The number of hydrogen-bond donors (Lipinski definition) is 0. The molecule has 1 aromatic rings. The van der Waals surface area contributed by atoms with Crippen LogP contribution in [-0.4, -0.2) is 59.0 Å². The minimum atomic E-state index is -0.947. The normalized spacial score (nSPS) is 24.6. The summed E-state index contributed by atoms with van der Waals surface area (Å²) in [6.45, 7) is 1.50. The van der Waals surface area contributed by atoms with Gasteiger partial charge in [-0.15, -0.1) is 0 Å². The Kier molecular flexibility index (Phi) is 4.72. The summed E-state index contributed by atoms with van der Waals surface area (Å²) >= 11 is 0. The molecule has 2 fully saturated rings. The molecule has 1 saturated carbocycles. The number of benzene rings is 1. The van der Waals surface area contributed by atoms with Gasteiger partial charge in [-0.05, 0) is 42.5 Å². The number of imide groups is 2. The number of Topliss-reactive ketones (excluding diaryl/α,β-unsaturated/α-hetero) is 1. The van der Waals surface area contributed by atoms with Crippen LogP contribution in [0.1, 0.15) is 48.5 Å². The Labute approximate surface area is 168 Å². The molecule has 1 aliphatic carbocycles. The number of rotatable bonds is 4. The van der Waals surface area contributed by atoms with Crippen molar-refractivity contribution in [3.63, 3.8) is 0 Å². The van der Waals surface area contributed by atoms with E-state index >= 15 is 0 Å². The first-order chi connectivity index (χ1) is 13.8.